The van der Waals surface area contributed by atoms with Crippen LogP contribution in [0.1, 0.15) is 15.9 Å². The van der Waals surface area contributed by atoms with E-state index in [-0.39, 0.29) is 17.4 Å². The van der Waals surface area contributed by atoms with Gasteiger partial charge in [0.2, 0.25) is 11.7 Å². The van der Waals surface area contributed by atoms with Gasteiger partial charge in [-0.25, -0.2) is 0 Å². The molecule has 0 aliphatic rings. The molecule has 11 heteroatoms. The summed E-state index contributed by atoms with van der Waals surface area (Å²) in [5.74, 6) is 0.850. The summed E-state index contributed by atoms with van der Waals surface area (Å²) in [6.07, 6.45) is 1.52. The Balaban J connectivity index is 1.48. The van der Waals surface area contributed by atoms with Crippen molar-refractivity contribution in [3.05, 3.63) is 108 Å². The lowest BCUT2D eigenvalue weighted by Crippen LogP contribution is -2.30. The molecule has 0 atom stereocenters. The van der Waals surface area contributed by atoms with Crippen molar-refractivity contribution in [1.29, 1.82) is 0 Å². The summed E-state index contributed by atoms with van der Waals surface area (Å²) in [5.41, 5.74) is 2.05. The number of nitrogens with one attached hydrogen (secondary N) is 3. The van der Waals surface area contributed by atoms with E-state index in [0.29, 0.717) is 45.5 Å². The summed E-state index contributed by atoms with van der Waals surface area (Å²) >= 11 is 1.35. The molecule has 0 fully saturated rings. The summed E-state index contributed by atoms with van der Waals surface area (Å²) in [5, 5.41) is 8.39. The molecule has 0 aromatic heterocycles. The quantitative estimate of drug-likeness (QED) is 0.124. The highest BCUT2D eigenvalue weighted by Crippen LogP contribution is 2.38. The minimum absolute atomic E-state index is 0.00853. The molecule has 0 heterocycles. The zero-order valence-corrected chi connectivity index (χ0v) is 26.0. The molecular weight excluding hydrogens is 594 g/mol. The van der Waals surface area contributed by atoms with Gasteiger partial charge in [-0.2, -0.15) is 0 Å². The first-order valence-corrected chi connectivity index (χ1v) is 14.7. The maximum Gasteiger partial charge on any atom is 0.272 e. The van der Waals surface area contributed by atoms with E-state index in [1.165, 1.54) is 39.2 Å². The molecule has 0 unspecified atom stereocenters. The molecule has 10 nitrogen and oxygen atoms in total. The van der Waals surface area contributed by atoms with E-state index < -0.39 is 11.8 Å². The molecule has 4 rings (SSSR count). The van der Waals surface area contributed by atoms with Gasteiger partial charge in [-0.05, 0) is 72.3 Å². The first kappa shape index (κ1) is 32.5. The second kappa shape index (κ2) is 15.9. The number of rotatable bonds is 13. The Morgan fingerprint density at radius 1 is 0.711 bits per heavy atom. The second-order valence-electron chi connectivity index (χ2n) is 9.38. The molecule has 0 radical (unpaired) electrons. The number of methoxy groups -OCH3 is 4. The van der Waals surface area contributed by atoms with Gasteiger partial charge >= 0.3 is 0 Å². The van der Waals surface area contributed by atoms with Crippen molar-refractivity contribution in [1.82, 2.24) is 5.32 Å². The summed E-state index contributed by atoms with van der Waals surface area (Å²) in [6, 6.07) is 26.1. The molecule has 45 heavy (non-hydrogen) atoms. The zero-order valence-electron chi connectivity index (χ0n) is 25.2. The van der Waals surface area contributed by atoms with E-state index in [1.54, 1.807) is 98.1 Å². The number of ether oxygens (including phenoxy) is 4. The van der Waals surface area contributed by atoms with Crippen molar-refractivity contribution >= 4 is 46.9 Å². The molecule has 3 amide bonds. The van der Waals surface area contributed by atoms with Crippen molar-refractivity contribution < 1.29 is 33.3 Å². The van der Waals surface area contributed by atoms with Crippen molar-refractivity contribution in [2.75, 3.05) is 44.8 Å². The van der Waals surface area contributed by atoms with E-state index in [0.717, 1.165) is 4.90 Å². The van der Waals surface area contributed by atoms with Gasteiger partial charge in [0.15, 0.2) is 11.5 Å². The van der Waals surface area contributed by atoms with E-state index >= 15 is 0 Å². The van der Waals surface area contributed by atoms with Gasteiger partial charge in [0.25, 0.3) is 11.8 Å². The SMILES string of the molecule is COc1cccc(NC(=O)CSc2ccc(NC(=O)/C(=C/c3cc(OC)c(OC)c(OC)c3)NC(=O)c3ccccc3)cc2)c1. The minimum atomic E-state index is -0.550. The summed E-state index contributed by atoms with van der Waals surface area (Å²) in [6.45, 7) is 0. The van der Waals surface area contributed by atoms with E-state index in [2.05, 4.69) is 16.0 Å². The lowest BCUT2D eigenvalue weighted by molar-refractivity contribution is -0.114. The molecule has 0 spiro atoms. The van der Waals surface area contributed by atoms with Crippen molar-refractivity contribution in [3.8, 4) is 23.0 Å². The Labute approximate surface area is 265 Å². The fourth-order valence-electron chi connectivity index (χ4n) is 4.17. The number of thioether (sulfide) groups is 1. The lowest BCUT2D eigenvalue weighted by atomic mass is 10.1. The Kier molecular flexibility index (Phi) is 11.5. The maximum absolute atomic E-state index is 13.5. The molecule has 0 saturated heterocycles. The highest BCUT2D eigenvalue weighted by molar-refractivity contribution is 8.00. The van der Waals surface area contributed by atoms with Crippen LogP contribution in [0.4, 0.5) is 11.4 Å². The average molecular weight is 628 g/mol. The van der Waals surface area contributed by atoms with Crippen LogP contribution < -0.4 is 34.9 Å². The van der Waals surface area contributed by atoms with Crippen LogP contribution in [0.2, 0.25) is 0 Å². The summed E-state index contributed by atoms with van der Waals surface area (Å²) < 4.78 is 21.5. The van der Waals surface area contributed by atoms with Crippen LogP contribution in [0.3, 0.4) is 0 Å². The van der Waals surface area contributed by atoms with Crippen LogP contribution in [-0.2, 0) is 9.59 Å². The topological polar surface area (TPSA) is 124 Å². The lowest BCUT2D eigenvalue weighted by Gasteiger charge is -2.15. The van der Waals surface area contributed by atoms with Crippen LogP contribution in [0.25, 0.3) is 6.08 Å². The Morgan fingerprint density at radius 2 is 1.40 bits per heavy atom. The highest BCUT2D eigenvalue weighted by Gasteiger charge is 2.18. The average Bonchev–Trinajstić information content (AvgIpc) is 3.07. The number of benzene rings is 4. The number of anilines is 2. The molecule has 4 aromatic rings. The molecule has 4 aromatic carbocycles. The zero-order chi connectivity index (χ0) is 32.2. The van der Waals surface area contributed by atoms with Crippen LogP contribution in [0.5, 0.6) is 23.0 Å². The standard InChI is InChI=1S/C34H33N3O7S/c1-41-26-12-8-11-25(20-26)35-31(38)21-45-27-15-13-24(14-16-27)36-34(40)28(37-33(39)23-9-6-5-7-10-23)17-22-18-29(42-2)32(44-4)30(19-22)43-3/h5-20H,21H2,1-4H3,(H,35,38)(H,36,40)(H,37,39)/b28-17-. The summed E-state index contributed by atoms with van der Waals surface area (Å²) in [4.78, 5) is 39.8. The van der Waals surface area contributed by atoms with Gasteiger partial charge in [0.05, 0.1) is 34.2 Å². The van der Waals surface area contributed by atoms with E-state index in [9.17, 15) is 14.4 Å². The molecule has 232 valence electrons. The number of hydrogen-bond acceptors (Lipinski definition) is 8. The van der Waals surface area contributed by atoms with Crippen LogP contribution in [0, 0.1) is 0 Å². The van der Waals surface area contributed by atoms with Crippen molar-refractivity contribution in [2.45, 2.75) is 4.90 Å². The summed E-state index contributed by atoms with van der Waals surface area (Å²) in [7, 11) is 6.04. The van der Waals surface area contributed by atoms with Crippen LogP contribution in [-0.4, -0.2) is 51.9 Å². The Bertz CT molecular complexity index is 1650. The molecule has 0 saturated carbocycles. The Hall–Kier alpha value is -5.42. The van der Waals surface area contributed by atoms with Gasteiger partial charge in [-0.3, -0.25) is 14.4 Å². The number of carbonyl (C=O) groups excluding carboxylic acids is 3. The number of carbonyl (C=O) groups is 3. The van der Waals surface area contributed by atoms with Gasteiger partial charge in [-0.1, -0.05) is 24.3 Å². The van der Waals surface area contributed by atoms with Gasteiger partial charge in [0.1, 0.15) is 11.4 Å². The predicted molar refractivity (Wildman–Crippen MR) is 175 cm³/mol. The molecule has 3 N–H and O–H groups in total. The van der Waals surface area contributed by atoms with Gasteiger partial charge in [-0.15, -0.1) is 11.8 Å². The number of amides is 3. The van der Waals surface area contributed by atoms with Crippen LogP contribution in [0.15, 0.2) is 102 Å². The molecule has 0 bridgehead atoms. The normalized spacial score (nSPS) is 10.8. The van der Waals surface area contributed by atoms with E-state index in [4.69, 9.17) is 18.9 Å². The monoisotopic (exact) mass is 627 g/mol. The van der Waals surface area contributed by atoms with E-state index in [1.807, 2.05) is 0 Å². The molecule has 0 aliphatic carbocycles. The third-order valence-corrected chi connectivity index (χ3v) is 7.37. The third-order valence-electron chi connectivity index (χ3n) is 6.36. The number of hydrogen-bond donors (Lipinski definition) is 3. The largest absolute Gasteiger partial charge is 0.497 e. The highest BCUT2D eigenvalue weighted by atomic mass is 32.2. The molecular formula is C34H33N3O7S. The minimum Gasteiger partial charge on any atom is -0.497 e. The Morgan fingerprint density at radius 3 is 2.02 bits per heavy atom. The molecule has 0 aliphatic heterocycles. The van der Waals surface area contributed by atoms with Crippen LogP contribution >= 0.6 is 11.8 Å². The van der Waals surface area contributed by atoms with Crippen molar-refractivity contribution in [2.24, 2.45) is 0 Å². The van der Waals surface area contributed by atoms with Gasteiger partial charge < -0.3 is 34.9 Å². The smallest absolute Gasteiger partial charge is 0.272 e. The fraction of sp³-hybridized carbons (Fsp3) is 0.147. The second-order valence-corrected chi connectivity index (χ2v) is 10.4. The first-order valence-electron chi connectivity index (χ1n) is 13.7. The third kappa shape index (κ3) is 9.04. The predicted octanol–water partition coefficient (Wildman–Crippen LogP) is 5.86. The van der Waals surface area contributed by atoms with Crippen molar-refractivity contribution in [3.63, 3.8) is 0 Å². The first-order chi connectivity index (χ1) is 21.8. The maximum atomic E-state index is 13.5. The fourth-order valence-corrected chi connectivity index (χ4v) is 4.87. The van der Waals surface area contributed by atoms with Gasteiger partial charge in [0, 0.05) is 27.9 Å².